The lowest BCUT2D eigenvalue weighted by molar-refractivity contribution is -0.786. The lowest BCUT2D eigenvalue weighted by atomic mass is 9.91. The van der Waals surface area contributed by atoms with Crippen LogP contribution in [0.1, 0.15) is 58.3 Å². The fourth-order valence-corrected chi connectivity index (χ4v) is 5.87. The molecule has 3 N–H and O–H groups in total. The Kier molecular flexibility index (Phi) is 10.4. The van der Waals surface area contributed by atoms with Crippen LogP contribution in [0.3, 0.4) is 0 Å². The lowest BCUT2D eigenvalue weighted by Gasteiger charge is -2.36. The Balaban J connectivity index is 1.61. The van der Waals surface area contributed by atoms with E-state index in [9.17, 15) is 24.4 Å². The van der Waals surface area contributed by atoms with Crippen molar-refractivity contribution in [2.45, 2.75) is 64.3 Å². The van der Waals surface area contributed by atoms with Crippen LogP contribution >= 0.6 is 0 Å². The highest BCUT2D eigenvalue weighted by Crippen LogP contribution is 2.35. The first-order valence-corrected chi connectivity index (χ1v) is 13.1. The summed E-state index contributed by atoms with van der Waals surface area (Å²) >= 11 is 0. The van der Waals surface area contributed by atoms with Crippen molar-refractivity contribution >= 4 is 24.4 Å². The summed E-state index contributed by atoms with van der Waals surface area (Å²) in [6.45, 7) is 6.47. The standard InChI is InChI=1S/C24H41N5O6/c1-19-6-4-13-29(19,22(31)21(17-28(34)18-30)16-20-7-2-3-8-20)24(33)26-23(32)25-9-5-10-27-11-14-35-15-12-27/h18-21,34H,2-17H2,1H3,(H-,25,26,32,33)/p+1/t19-,21-,29?/m1/s1. The smallest absolute Gasteiger partial charge is 0.379 e. The van der Waals surface area contributed by atoms with Gasteiger partial charge in [0, 0.05) is 32.5 Å². The summed E-state index contributed by atoms with van der Waals surface area (Å²) in [5.41, 5.74) is 0. The molecule has 6 amide bonds. The number of hydroxylamine groups is 2. The summed E-state index contributed by atoms with van der Waals surface area (Å²) in [5, 5.41) is 15.5. The minimum atomic E-state index is -0.670. The first kappa shape index (κ1) is 27.5. The zero-order valence-electron chi connectivity index (χ0n) is 21.0. The SMILES string of the molecule is C[C@@H]1CCC[N+]1(C(=O)NC(=O)NCCCN1CCOCC1)C(=O)[C@H](CC1CCCC1)CN(O)C=O. The summed E-state index contributed by atoms with van der Waals surface area (Å²) in [6.07, 6.45) is 7.15. The second kappa shape index (κ2) is 13.3. The van der Waals surface area contributed by atoms with Crippen molar-refractivity contribution in [3.63, 3.8) is 0 Å². The number of hydrogen-bond donors (Lipinski definition) is 3. The van der Waals surface area contributed by atoms with Crippen LogP contribution in [0, 0.1) is 11.8 Å². The molecule has 0 aromatic heterocycles. The van der Waals surface area contributed by atoms with Gasteiger partial charge >= 0.3 is 18.0 Å². The van der Waals surface area contributed by atoms with Crippen molar-refractivity contribution < 1.29 is 33.6 Å². The van der Waals surface area contributed by atoms with Gasteiger partial charge in [-0.3, -0.25) is 14.9 Å². The van der Waals surface area contributed by atoms with Crippen LogP contribution in [-0.2, 0) is 14.3 Å². The molecule has 3 fully saturated rings. The fraction of sp³-hybridized carbons (Fsp3) is 0.833. The van der Waals surface area contributed by atoms with Gasteiger partial charge in [-0.1, -0.05) is 25.7 Å². The average Bonchev–Trinajstić information content (AvgIpc) is 3.51. The van der Waals surface area contributed by atoms with Crippen LogP contribution in [0.15, 0.2) is 0 Å². The molecular weight excluding hydrogens is 454 g/mol. The Morgan fingerprint density at radius 3 is 2.51 bits per heavy atom. The number of amides is 6. The van der Waals surface area contributed by atoms with E-state index >= 15 is 0 Å². The zero-order valence-corrected chi connectivity index (χ0v) is 21.0. The van der Waals surface area contributed by atoms with Crippen molar-refractivity contribution in [2.75, 3.05) is 52.5 Å². The highest BCUT2D eigenvalue weighted by atomic mass is 16.5. The van der Waals surface area contributed by atoms with E-state index in [0.29, 0.717) is 43.3 Å². The lowest BCUT2D eigenvalue weighted by Crippen LogP contribution is -2.66. The molecule has 0 aromatic rings. The van der Waals surface area contributed by atoms with E-state index in [1.807, 2.05) is 6.92 Å². The number of ether oxygens (including phenoxy) is 1. The molecule has 0 bridgehead atoms. The second-order valence-electron chi connectivity index (χ2n) is 10.2. The Morgan fingerprint density at radius 1 is 1.17 bits per heavy atom. The number of morpholine rings is 1. The highest BCUT2D eigenvalue weighted by Gasteiger charge is 2.55. The molecule has 1 aliphatic carbocycles. The maximum Gasteiger partial charge on any atom is 0.432 e. The fourth-order valence-electron chi connectivity index (χ4n) is 5.87. The van der Waals surface area contributed by atoms with Gasteiger partial charge in [-0.05, 0) is 32.2 Å². The molecule has 1 saturated carbocycles. The number of rotatable bonds is 10. The zero-order chi connectivity index (χ0) is 25.3. The molecule has 3 aliphatic rings. The van der Waals surface area contributed by atoms with Gasteiger partial charge in [-0.15, -0.1) is 0 Å². The predicted octanol–water partition coefficient (Wildman–Crippen LogP) is 1.70. The molecular formula is C24H42N5O6+. The number of carbonyl (C=O) groups excluding carboxylic acids is 4. The molecule has 2 aliphatic heterocycles. The first-order chi connectivity index (χ1) is 16.9. The minimum Gasteiger partial charge on any atom is -0.379 e. The Labute approximate surface area is 207 Å². The van der Waals surface area contributed by atoms with E-state index in [1.54, 1.807) is 0 Å². The molecule has 35 heavy (non-hydrogen) atoms. The number of urea groups is 2. The van der Waals surface area contributed by atoms with Crippen LogP contribution in [0.25, 0.3) is 0 Å². The number of quaternary nitrogens is 1. The number of nitrogens with zero attached hydrogens (tertiary/aromatic N) is 3. The Bertz CT molecular complexity index is 740. The van der Waals surface area contributed by atoms with Gasteiger partial charge in [0.05, 0.1) is 32.2 Å². The van der Waals surface area contributed by atoms with Crippen molar-refractivity contribution in [3.8, 4) is 0 Å². The van der Waals surface area contributed by atoms with Gasteiger partial charge in [0.2, 0.25) is 6.41 Å². The number of carbonyl (C=O) groups is 4. The molecule has 2 heterocycles. The molecule has 198 valence electrons. The number of imide groups is 2. The molecule has 2 saturated heterocycles. The molecule has 0 spiro atoms. The number of hydrogen-bond acceptors (Lipinski definition) is 7. The summed E-state index contributed by atoms with van der Waals surface area (Å²) in [5.74, 6) is -0.656. The molecule has 0 radical (unpaired) electrons. The van der Waals surface area contributed by atoms with E-state index in [-0.39, 0.29) is 24.9 Å². The van der Waals surface area contributed by atoms with Crippen LogP contribution in [0.4, 0.5) is 9.59 Å². The van der Waals surface area contributed by atoms with E-state index in [1.165, 1.54) is 0 Å². The summed E-state index contributed by atoms with van der Waals surface area (Å²) < 4.78 is 4.87. The maximum atomic E-state index is 13.9. The third-order valence-corrected chi connectivity index (χ3v) is 7.87. The Morgan fingerprint density at radius 2 is 1.89 bits per heavy atom. The van der Waals surface area contributed by atoms with Crippen molar-refractivity contribution in [3.05, 3.63) is 0 Å². The minimum absolute atomic E-state index is 0.146. The molecule has 1 unspecified atom stereocenters. The summed E-state index contributed by atoms with van der Waals surface area (Å²) in [4.78, 5) is 53.2. The quantitative estimate of drug-likeness (QED) is 0.138. The Hall–Kier alpha value is -2.08. The molecule has 11 nitrogen and oxygen atoms in total. The van der Waals surface area contributed by atoms with Crippen LogP contribution in [0.2, 0.25) is 0 Å². The molecule has 0 aromatic carbocycles. The summed E-state index contributed by atoms with van der Waals surface area (Å²) in [6, 6.07) is -1.52. The average molecular weight is 497 g/mol. The topological polar surface area (TPSA) is 128 Å². The summed E-state index contributed by atoms with van der Waals surface area (Å²) in [7, 11) is 0. The van der Waals surface area contributed by atoms with Gasteiger partial charge in [0.15, 0.2) is 0 Å². The second-order valence-corrected chi connectivity index (χ2v) is 10.2. The predicted molar refractivity (Wildman–Crippen MR) is 127 cm³/mol. The largest absolute Gasteiger partial charge is 0.432 e. The number of likely N-dealkylation sites (tertiary alicyclic amines) is 1. The van der Waals surface area contributed by atoms with Crippen LogP contribution in [-0.4, -0.2) is 103 Å². The van der Waals surface area contributed by atoms with Gasteiger partial charge < -0.3 is 10.1 Å². The van der Waals surface area contributed by atoms with Crippen molar-refractivity contribution in [2.24, 2.45) is 11.8 Å². The van der Waals surface area contributed by atoms with Gasteiger partial charge in [-0.25, -0.2) is 24.8 Å². The molecule has 11 heteroatoms. The first-order valence-electron chi connectivity index (χ1n) is 13.1. The van der Waals surface area contributed by atoms with E-state index < -0.39 is 22.5 Å². The third kappa shape index (κ3) is 7.22. The van der Waals surface area contributed by atoms with E-state index in [4.69, 9.17) is 4.74 Å². The highest BCUT2D eigenvalue weighted by molar-refractivity contribution is 5.95. The normalized spacial score (nSPS) is 26.3. The number of nitrogens with one attached hydrogen (secondary N) is 2. The third-order valence-electron chi connectivity index (χ3n) is 7.87. The maximum absolute atomic E-state index is 13.9. The van der Waals surface area contributed by atoms with E-state index in [2.05, 4.69) is 15.5 Å². The van der Waals surface area contributed by atoms with Gasteiger partial charge in [-0.2, -0.15) is 4.48 Å². The van der Waals surface area contributed by atoms with Crippen LogP contribution in [0.5, 0.6) is 0 Å². The molecule has 3 atom stereocenters. The monoisotopic (exact) mass is 496 g/mol. The van der Waals surface area contributed by atoms with E-state index in [0.717, 1.165) is 65.0 Å². The van der Waals surface area contributed by atoms with Gasteiger partial charge in [0.25, 0.3) is 0 Å². The van der Waals surface area contributed by atoms with Crippen molar-refractivity contribution in [1.82, 2.24) is 20.6 Å². The molecule has 3 rings (SSSR count). The van der Waals surface area contributed by atoms with Crippen molar-refractivity contribution in [1.29, 1.82) is 0 Å². The van der Waals surface area contributed by atoms with Gasteiger partial charge in [0.1, 0.15) is 6.04 Å². The van der Waals surface area contributed by atoms with Crippen LogP contribution < -0.4 is 10.6 Å².